The maximum atomic E-state index is 9.99. The van der Waals surface area contributed by atoms with Crippen LogP contribution >= 0.6 is 0 Å². The minimum absolute atomic E-state index is 0.0827. The minimum atomic E-state index is -0.403. The van der Waals surface area contributed by atoms with Crippen molar-refractivity contribution < 1.29 is 9.47 Å². The highest BCUT2D eigenvalue weighted by molar-refractivity contribution is 5.88. The van der Waals surface area contributed by atoms with E-state index in [1.807, 2.05) is 48.5 Å². The zero-order valence-electron chi connectivity index (χ0n) is 17.6. The zero-order chi connectivity index (χ0) is 22.1. The summed E-state index contributed by atoms with van der Waals surface area (Å²) in [6, 6.07) is 24.3. The van der Waals surface area contributed by atoms with E-state index in [0.29, 0.717) is 18.1 Å². The van der Waals surface area contributed by atoms with Crippen LogP contribution in [0.15, 0.2) is 78.2 Å². The van der Waals surface area contributed by atoms with Crippen molar-refractivity contribution in [1.29, 1.82) is 5.26 Å². The number of H-pyrrole nitrogens is 1. The summed E-state index contributed by atoms with van der Waals surface area (Å²) in [5, 5.41) is 19.6. The van der Waals surface area contributed by atoms with E-state index in [1.54, 1.807) is 0 Å². The van der Waals surface area contributed by atoms with Gasteiger partial charge in [0.15, 0.2) is 0 Å². The molecule has 2 heterocycles. The summed E-state index contributed by atoms with van der Waals surface area (Å²) < 4.78 is 11.5. The van der Waals surface area contributed by atoms with Crippen LogP contribution in [-0.4, -0.2) is 16.8 Å². The molecule has 1 aliphatic heterocycles. The third kappa shape index (κ3) is 3.25. The van der Waals surface area contributed by atoms with Gasteiger partial charge in [-0.15, -0.1) is 5.10 Å². The van der Waals surface area contributed by atoms with Gasteiger partial charge in [0.1, 0.15) is 17.4 Å². The molecule has 0 unspecified atom stereocenters. The van der Waals surface area contributed by atoms with Crippen LogP contribution in [0.2, 0.25) is 0 Å². The lowest BCUT2D eigenvalue weighted by Crippen LogP contribution is -2.21. The number of ether oxygens (including phenoxy) is 2. The Bertz CT molecular complexity index is 1360. The van der Waals surface area contributed by atoms with Crippen LogP contribution in [0.4, 0.5) is 0 Å². The molecule has 1 atom stereocenters. The predicted octanol–water partition coefficient (Wildman–Crippen LogP) is 5.24. The van der Waals surface area contributed by atoms with Crippen LogP contribution in [0.3, 0.4) is 0 Å². The van der Waals surface area contributed by atoms with E-state index < -0.39 is 5.92 Å². The standard InChI is InChI=1S/C26H22N4O2/c1-2-14-31-18-12-10-17(11-13-18)24-23-22(21(15-27)25(28)32-26(23)30-29-24)20-9-5-7-16-6-3-4-8-19(16)20/h3-13,22H,2,14,28H2,1H3,(H,29,30)/t22-/m0/s1. The Labute approximate surface area is 185 Å². The number of nitriles is 1. The Morgan fingerprint density at radius 1 is 1.09 bits per heavy atom. The molecule has 0 spiro atoms. The highest BCUT2D eigenvalue weighted by Crippen LogP contribution is 2.47. The van der Waals surface area contributed by atoms with Crippen molar-refractivity contribution in [1.82, 2.24) is 10.2 Å². The second-order valence-electron chi connectivity index (χ2n) is 7.68. The van der Waals surface area contributed by atoms with Crippen LogP contribution in [0.1, 0.15) is 30.4 Å². The lowest BCUT2D eigenvalue weighted by molar-refractivity contribution is 0.317. The molecular formula is C26H22N4O2. The second kappa shape index (κ2) is 8.12. The van der Waals surface area contributed by atoms with Crippen molar-refractivity contribution in [2.24, 2.45) is 5.73 Å². The molecule has 0 radical (unpaired) electrons. The number of nitrogens with two attached hydrogens (primary N) is 1. The van der Waals surface area contributed by atoms with Crippen LogP contribution < -0.4 is 15.2 Å². The Morgan fingerprint density at radius 2 is 1.88 bits per heavy atom. The van der Waals surface area contributed by atoms with E-state index in [9.17, 15) is 5.26 Å². The lowest BCUT2D eigenvalue weighted by Gasteiger charge is -2.25. The Morgan fingerprint density at radius 3 is 2.66 bits per heavy atom. The first-order chi connectivity index (χ1) is 15.7. The van der Waals surface area contributed by atoms with Crippen LogP contribution in [-0.2, 0) is 0 Å². The molecule has 5 rings (SSSR count). The summed E-state index contributed by atoms with van der Waals surface area (Å²) >= 11 is 0. The quantitative estimate of drug-likeness (QED) is 0.459. The fourth-order valence-electron chi connectivity index (χ4n) is 4.22. The maximum Gasteiger partial charge on any atom is 0.244 e. The summed E-state index contributed by atoms with van der Waals surface area (Å²) in [4.78, 5) is 0. The van der Waals surface area contributed by atoms with Crippen molar-refractivity contribution in [2.45, 2.75) is 19.3 Å². The number of aromatic amines is 1. The minimum Gasteiger partial charge on any atom is -0.494 e. The topological polar surface area (TPSA) is 97.0 Å². The van der Waals surface area contributed by atoms with Crippen LogP contribution in [0.25, 0.3) is 22.0 Å². The van der Waals surface area contributed by atoms with Gasteiger partial charge in [-0.05, 0) is 47.0 Å². The molecule has 1 aliphatic rings. The zero-order valence-corrected chi connectivity index (χ0v) is 17.6. The number of aromatic nitrogens is 2. The van der Waals surface area contributed by atoms with Gasteiger partial charge in [-0.2, -0.15) is 5.26 Å². The average molecular weight is 422 g/mol. The summed E-state index contributed by atoms with van der Waals surface area (Å²) in [5.74, 6) is 0.882. The molecule has 6 nitrogen and oxygen atoms in total. The van der Waals surface area contributed by atoms with E-state index in [2.05, 4.69) is 41.4 Å². The summed E-state index contributed by atoms with van der Waals surface area (Å²) in [6.07, 6.45) is 0.949. The molecule has 158 valence electrons. The number of nitrogens with one attached hydrogen (secondary N) is 1. The van der Waals surface area contributed by atoms with Gasteiger partial charge >= 0.3 is 0 Å². The van der Waals surface area contributed by atoms with Crippen molar-refractivity contribution in [3.8, 4) is 29.0 Å². The van der Waals surface area contributed by atoms with Crippen LogP contribution in [0.5, 0.6) is 11.6 Å². The maximum absolute atomic E-state index is 9.99. The Balaban J connectivity index is 1.68. The van der Waals surface area contributed by atoms with Gasteiger partial charge in [0.05, 0.1) is 23.8 Å². The number of allylic oxidation sites excluding steroid dienone is 1. The number of hydrogen-bond acceptors (Lipinski definition) is 5. The van der Waals surface area contributed by atoms with Crippen molar-refractivity contribution >= 4 is 10.8 Å². The van der Waals surface area contributed by atoms with Crippen molar-refractivity contribution in [2.75, 3.05) is 6.61 Å². The predicted molar refractivity (Wildman–Crippen MR) is 123 cm³/mol. The van der Waals surface area contributed by atoms with Gasteiger partial charge < -0.3 is 15.2 Å². The highest BCUT2D eigenvalue weighted by Gasteiger charge is 2.36. The summed E-state index contributed by atoms with van der Waals surface area (Å²) in [5.41, 5.74) is 10.0. The Hall–Kier alpha value is -4.24. The lowest BCUT2D eigenvalue weighted by atomic mass is 9.81. The van der Waals surface area contributed by atoms with Gasteiger partial charge in [0.2, 0.25) is 11.8 Å². The van der Waals surface area contributed by atoms with E-state index in [1.165, 1.54) is 0 Å². The molecule has 0 bridgehead atoms. The molecule has 1 aromatic heterocycles. The number of fused-ring (bicyclic) bond motifs is 2. The molecular weight excluding hydrogens is 400 g/mol. The average Bonchev–Trinajstić information content (AvgIpc) is 3.25. The molecule has 6 heteroatoms. The molecule has 0 fully saturated rings. The first-order valence-electron chi connectivity index (χ1n) is 10.6. The molecule has 0 amide bonds. The molecule has 32 heavy (non-hydrogen) atoms. The molecule has 4 aromatic rings. The molecule has 0 saturated heterocycles. The van der Waals surface area contributed by atoms with Gasteiger partial charge in [-0.3, -0.25) is 5.10 Å². The molecule has 0 saturated carbocycles. The van der Waals surface area contributed by atoms with Crippen molar-refractivity contribution in [3.05, 3.63) is 89.3 Å². The van der Waals surface area contributed by atoms with Crippen molar-refractivity contribution in [3.63, 3.8) is 0 Å². The summed E-state index contributed by atoms with van der Waals surface area (Å²) in [7, 11) is 0. The van der Waals surface area contributed by atoms with Gasteiger partial charge in [0, 0.05) is 5.56 Å². The van der Waals surface area contributed by atoms with Gasteiger partial charge in [-0.1, -0.05) is 49.4 Å². The molecule has 0 aliphatic carbocycles. The number of benzene rings is 3. The Kier molecular flexibility index (Phi) is 5.00. The highest BCUT2D eigenvalue weighted by atomic mass is 16.5. The molecule has 3 N–H and O–H groups in total. The van der Waals surface area contributed by atoms with E-state index in [-0.39, 0.29) is 5.88 Å². The van der Waals surface area contributed by atoms with Crippen LogP contribution in [0, 0.1) is 11.3 Å². The SMILES string of the molecule is CCCOc1ccc(-c2[nH]nc3c2[C@@H](c2cccc4ccccc24)C(C#N)=C(N)O3)cc1. The molecule has 3 aromatic carbocycles. The fraction of sp³-hybridized carbons (Fsp3) is 0.154. The number of rotatable bonds is 5. The van der Waals surface area contributed by atoms with E-state index in [0.717, 1.165) is 45.3 Å². The third-order valence-electron chi connectivity index (χ3n) is 5.69. The van der Waals surface area contributed by atoms with E-state index >= 15 is 0 Å². The smallest absolute Gasteiger partial charge is 0.244 e. The first kappa shape index (κ1) is 19.7. The first-order valence-corrected chi connectivity index (χ1v) is 10.6. The third-order valence-corrected chi connectivity index (χ3v) is 5.69. The number of nitrogens with zero attached hydrogens (tertiary/aromatic N) is 2. The van der Waals surface area contributed by atoms with Gasteiger partial charge in [-0.25, -0.2) is 0 Å². The fourth-order valence-corrected chi connectivity index (χ4v) is 4.22. The number of hydrogen-bond donors (Lipinski definition) is 2. The summed E-state index contributed by atoms with van der Waals surface area (Å²) in [6.45, 7) is 2.75. The van der Waals surface area contributed by atoms with E-state index in [4.69, 9.17) is 15.2 Å². The monoisotopic (exact) mass is 422 g/mol. The second-order valence-corrected chi connectivity index (χ2v) is 7.68. The largest absolute Gasteiger partial charge is 0.494 e. The normalized spacial score (nSPS) is 15.2. The van der Waals surface area contributed by atoms with Gasteiger partial charge in [0.25, 0.3) is 0 Å².